The Labute approximate surface area is 115 Å². The van der Waals surface area contributed by atoms with Crippen LogP contribution >= 0.6 is 11.8 Å². The molecular weight excluding hydrogens is 260 g/mol. The van der Waals surface area contributed by atoms with Crippen LogP contribution in [0.4, 0.5) is 0 Å². The van der Waals surface area contributed by atoms with Gasteiger partial charge in [0.25, 0.3) is 0 Å². The molecule has 1 aromatic carbocycles. The molecule has 1 aromatic heterocycles. The minimum atomic E-state index is 0.0945. The average molecular weight is 272 g/mol. The molecule has 0 unspecified atom stereocenters. The van der Waals surface area contributed by atoms with Crippen LogP contribution in [0.2, 0.25) is 0 Å². The van der Waals surface area contributed by atoms with Crippen molar-refractivity contribution in [2.45, 2.75) is 19.0 Å². The predicted molar refractivity (Wildman–Crippen MR) is 72.2 cm³/mol. The van der Waals surface area contributed by atoms with Crippen LogP contribution in [-0.4, -0.2) is 26.3 Å². The number of aryl methyl sites for hydroxylation is 1. The van der Waals surface area contributed by atoms with Gasteiger partial charge in [-0.2, -0.15) is 5.26 Å². The molecule has 0 N–H and O–H groups in total. The molecule has 0 fully saturated rings. The van der Waals surface area contributed by atoms with Gasteiger partial charge in [0.05, 0.1) is 17.4 Å². The summed E-state index contributed by atoms with van der Waals surface area (Å²) < 4.78 is 1.87. The van der Waals surface area contributed by atoms with Gasteiger partial charge in [-0.1, -0.05) is 11.8 Å². The molecule has 0 radical (unpaired) electrons. The monoisotopic (exact) mass is 272 g/mol. The second kappa shape index (κ2) is 5.67. The molecule has 0 bridgehead atoms. The standard InChI is InChI=1S/C13H12N4OS/c1-9(18)8-19-13-16-15-10(2)17(13)12-5-3-11(7-14)4-6-12/h3-6H,8H2,1-2H3. The van der Waals surface area contributed by atoms with E-state index in [1.165, 1.54) is 11.8 Å². The summed E-state index contributed by atoms with van der Waals surface area (Å²) in [4.78, 5) is 11.0. The number of Topliss-reactive ketones (excluding diaryl/α,β-unsaturated/α-hetero) is 1. The van der Waals surface area contributed by atoms with Crippen molar-refractivity contribution < 1.29 is 4.79 Å². The Bertz CT molecular complexity index is 640. The fraction of sp³-hybridized carbons (Fsp3) is 0.231. The molecule has 2 aromatic rings. The van der Waals surface area contributed by atoms with Gasteiger partial charge >= 0.3 is 0 Å². The molecule has 6 heteroatoms. The molecule has 0 aliphatic heterocycles. The highest BCUT2D eigenvalue weighted by atomic mass is 32.2. The zero-order chi connectivity index (χ0) is 13.8. The van der Waals surface area contributed by atoms with Crippen molar-refractivity contribution in [3.8, 4) is 11.8 Å². The quantitative estimate of drug-likeness (QED) is 0.797. The van der Waals surface area contributed by atoms with Crippen LogP contribution in [0.25, 0.3) is 5.69 Å². The Kier molecular flexibility index (Phi) is 3.97. The number of carbonyl (C=O) groups excluding carboxylic acids is 1. The van der Waals surface area contributed by atoms with E-state index in [2.05, 4.69) is 16.3 Å². The predicted octanol–water partition coefficient (Wildman–Crippen LogP) is 2.13. The van der Waals surface area contributed by atoms with Gasteiger partial charge in [-0.15, -0.1) is 10.2 Å². The molecule has 0 aliphatic carbocycles. The summed E-state index contributed by atoms with van der Waals surface area (Å²) in [6, 6.07) is 9.25. The molecule has 2 rings (SSSR count). The van der Waals surface area contributed by atoms with Gasteiger partial charge in [0.1, 0.15) is 11.6 Å². The van der Waals surface area contributed by atoms with Gasteiger partial charge in [-0.25, -0.2) is 0 Å². The lowest BCUT2D eigenvalue weighted by molar-refractivity contribution is -0.114. The molecule has 0 saturated carbocycles. The van der Waals surface area contributed by atoms with Gasteiger partial charge in [0.15, 0.2) is 5.16 Å². The van der Waals surface area contributed by atoms with Gasteiger partial charge in [-0.05, 0) is 38.1 Å². The van der Waals surface area contributed by atoms with E-state index < -0.39 is 0 Å². The highest BCUT2D eigenvalue weighted by molar-refractivity contribution is 7.99. The summed E-state index contributed by atoms with van der Waals surface area (Å²) in [6.45, 7) is 3.39. The summed E-state index contributed by atoms with van der Waals surface area (Å²) in [5, 5.41) is 17.6. The van der Waals surface area contributed by atoms with Crippen LogP contribution in [0.1, 0.15) is 18.3 Å². The average Bonchev–Trinajstić information content (AvgIpc) is 2.78. The maximum absolute atomic E-state index is 11.0. The highest BCUT2D eigenvalue weighted by Gasteiger charge is 2.12. The van der Waals surface area contributed by atoms with E-state index in [1.54, 1.807) is 19.1 Å². The van der Waals surface area contributed by atoms with Crippen LogP contribution in [0.3, 0.4) is 0 Å². The molecule has 0 aliphatic rings. The third kappa shape index (κ3) is 3.01. The number of aromatic nitrogens is 3. The van der Waals surface area contributed by atoms with Crippen LogP contribution < -0.4 is 0 Å². The number of carbonyl (C=O) groups is 1. The number of benzene rings is 1. The van der Waals surface area contributed by atoms with Gasteiger partial charge < -0.3 is 0 Å². The molecule has 0 spiro atoms. The Hall–Kier alpha value is -2.13. The van der Waals surface area contributed by atoms with Crippen LogP contribution in [-0.2, 0) is 4.79 Å². The molecule has 5 nitrogen and oxygen atoms in total. The Morgan fingerprint density at radius 3 is 2.63 bits per heavy atom. The lowest BCUT2D eigenvalue weighted by atomic mass is 10.2. The summed E-state index contributed by atoms with van der Waals surface area (Å²) in [7, 11) is 0. The number of thioether (sulfide) groups is 1. The molecule has 0 amide bonds. The normalized spacial score (nSPS) is 10.2. The molecule has 19 heavy (non-hydrogen) atoms. The third-order valence-corrected chi connectivity index (χ3v) is 3.53. The van der Waals surface area contributed by atoms with Crippen molar-refractivity contribution in [2.75, 3.05) is 5.75 Å². The smallest absolute Gasteiger partial charge is 0.196 e. The molecule has 96 valence electrons. The third-order valence-electron chi connectivity index (χ3n) is 2.45. The largest absolute Gasteiger partial charge is 0.299 e. The molecule has 1 heterocycles. The van der Waals surface area contributed by atoms with Gasteiger partial charge in [0.2, 0.25) is 0 Å². The second-order valence-electron chi connectivity index (χ2n) is 4.01. The number of hydrogen-bond donors (Lipinski definition) is 0. The van der Waals surface area contributed by atoms with Crippen molar-refractivity contribution in [3.63, 3.8) is 0 Å². The first-order valence-electron chi connectivity index (χ1n) is 5.66. The fourth-order valence-corrected chi connectivity index (χ4v) is 2.38. The topological polar surface area (TPSA) is 71.6 Å². The Morgan fingerprint density at radius 1 is 1.37 bits per heavy atom. The zero-order valence-electron chi connectivity index (χ0n) is 10.6. The van der Waals surface area contributed by atoms with Crippen molar-refractivity contribution in [3.05, 3.63) is 35.7 Å². The number of nitriles is 1. The van der Waals surface area contributed by atoms with E-state index in [-0.39, 0.29) is 5.78 Å². The number of ketones is 1. The SMILES string of the molecule is CC(=O)CSc1nnc(C)n1-c1ccc(C#N)cc1. The zero-order valence-corrected chi connectivity index (χ0v) is 11.4. The minimum absolute atomic E-state index is 0.0945. The van der Waals surface area contributed by atoms with E-state index in [4.69, 9.17) is 5.26 Å². The second-order valence-corrected chi connectivity index (χ2v) is 4.96. The molecule has 0 saturated heterocycles. The summed E-state index contributed by atoms with van der Waals surface area (Å²) in [6.07, 6.45) is 0. The van der Waals surface area contributed by atoms with Crippen molar-refractivity contribution in [1.29, 1.82) is 5.26 Å². The van der Waals surface area contributed by atoms with Crippen molar-refractivity contribution in [2.24, 2.45) is 0 Å². The Balaban J connectivity index is 2.34. The van der Waals surface area contributed by atoms with Gasteiger partial charge in [0, 0.05) is 5.69 Å². The van der Waals surface area contributed by atoms with E-state index in [0.717, 1.165) is 11.5 Å². The van der Waals surface area contributed by atoms with Crippen molar-refractivity contribution >= 4 is 17.5 Å². The summed E-state index contributed by atoms with van der Waals surface area (Å²) in [5.74, 6) is 1.21. The van der Waals surface area contributed by atoms with Crippen molar-refractivity contribution in [1.82, 2.24) is 14.8 Å². The van der Waals surface area contributed by atoms with E-state index in [1.807, 2.05) is 23.6 Å². The molecular formula is C13H12N4OS. The first-order valence-corrected chi connectivity index (χ1v) is 6.65. The van der Waals surface area contributed by atoms with Crippen LogP contribution in [0, 0.1) is 18.3 Å². The van der Waals surface area contributed by atoms with E-state index in [0.29, 0.717) is 16.5 Å². The maximum Gasteiger partial charge on any atom is 0.196 e. The fourth-order valence-electron chi connectivity index (χ4n) is 1.58. The summed E-state index contributed by atoms with van der Waals surface area (Å²) in [5.41, 5.74) is 1.49. The van der Waals surface area contributed by atoms with Gasteiger partial charge in [-0.3, -0.25) is 9.36 Å². The van der Waals surface area contributed by atoms with E-state index in [9.17, 15) is 4.79 Å². The van der Waals surface area contributed by atoms with Crippen LogP contribution in [0.5, 0.6) is 0 Å². The first kappa shape index (κ1) is 13.3. The maximum atomic E-state index is 11.0. The molecule has 0 atom stereocenters. The van der Waals surface area contributed by atoms with Crippen LogP contribution in [0.15, 0.2) is 29.4 Å². The lowest BCUT2D eigenvalue weighted by Gasteiger charge is -2.07. The number of hydrogen-bond acceptors (Lipinski definition) is 5. The lowest BCUT2D eigenvalue weighted by Crippen LogP contribution is -2.01. The number of nitrogens with zero attached hydrogens (tertiary/aromatic N) is 4. The summed E-state index contributed by atoms with van der Waals surface area (Å²) >= 11 is 1.36. The number of rotatable bonds is 4. The minimum Gasteiger partial charge on any atom is -0.299 e. The highest BCUT2D eigenvalue weighted by Crippen LogP contribution is 2.21. The van der Waals surface area contributed by atoms with E-state index >= 15 is 0 Å². The Morgan fingerprint density at radius 2 is 2.05 bits per heavy atom. The first-order chi connectivity index (χ1) is 9.11.